The number of thioether (sulfide) groups is 1. The normalized spacial score (nSPS) is 15.9. The van der Waals surface area contributed by atoms with E-state index in [4.69, 9.17) is 0 Å². The highest BCUT2D eigenvalue weighted by atomic mass is 32.2. The van der Waals surface area contributed by atoms with Crippen molar-refractivity contribution < 1.29 is 0 Å². The molecule has 1 aromatic rings. The van der Waals surface area contributed by atoms with Gasteiger partial charge in [-0.25, -0.2) is 0 Å². The average molecular weight is 261 g/mol. The molecule has 0 radical (unpaired) electrons. The lowest BCUT2D eigenvalue weighted by Gasteiger charge is -2.35. The van der Waals surface area contributed by atoms with E-state index in [1.54, 1.807) is 0 Å². The van der Waals surface area contributed by atoms with Crippen molar-refractivity contribution in [3.05, 3.63) is 47.0 Å². The number of nitrogens with zero attached hydrogens (tertiary/aromatic N) is 1. The van der Waals surface area contributed by atoms with Crippen molar-refractivity contribution in [1.29, 1.82) is 0 Å². The zero-order valence-corrected chi connectivity index (χ0v) is 12.5. The number of rotatable bonds is 5. The van der Waals surface area contributed by atoms with Crippen LogP contribution in [0.15, 0.2) is 41.4 Å². The molecule has 0 saturated carbocycles. The van der Waals surface area contributed by atoms with E-state index in [2.05, 4.69) is 62.2 Å². The van der Waals surface area contributed by atoms with Crippen LogP contribution in [0.4, 0.5) is 0 Å². The molecule has 2 heteroatoms. The summed E-state index contributed by atoms with van der Waals surface area (Å²) >= 11 is 1.95. The molecule has 18 heavy (non-hydrogen) atoms. The maximum atomic E-state index is 2.48. The maximum absolute atomic E-state index is 2.48. The summed E-state index contributed by atoms with van der Waals surface area (Å²) in [6.07, 6.45) is 6.00. The van der Waals surface area contributed by atoms with Crippen molar-refractivity contribution in [3.63, 3.8) is 0 Å². The van der Waals surface area contributed by atoms with Gasteiger partial charge in [0.1, 0.15) is 0 Å². The Morgan fingerprint density at radius 3 is 2.56 bits per heavy atom. The molecule has 0 unspecified atom stereocenters. The summed E-state index contributed by atoms with van der Waals surface area (Å²) < 4.78 is 0. The first-order valence-electron chi connectivity index (χ1n) is 6.70. The third-order valence-corrected chi connectivity index (χ3v) is 4.61. The summed E-state index contributed by atoms with van der Waals surface area (Å²) in [6, 6.07) is 10.8. The Labute approximate surface area is 115 Å². The fourth-order valence-corrected chi connectivity index (χ4v) is 3.30. The molecule has 1 aliphatic heterocycles. The molecular formula is C16H23NS. The smallest absolute Gasteiger partial charge is 0.0683 e. The molecule has 0 spiro atoms. The minimum atomic E-state index is 0.277. The quantitative estimate of drug-likeness (QED) is 0.758. The predicted octanol–water partition coefficient (Wildman–Crippen LogP) is 4.66. The summed E-state index contributed by atoms with van der Waals surface area (Å²) in [4.78, 5) is 3.92. The molecule has 0 aromatic heterocycles. The molecule has 1 heterocycles. The van der Waals surface area contributed by atoms with Crippen molar-refractivity contribution in [1.82, 2.24) is 4.90 Å². The predicted molar refractivity (Wildman–Crippen MR) is 81.5 cm³/mol. The Kier molecular flexibility index (Phi) is 4.39. The second-order valence-electron chi connectivity index (χ2n) is 5.63. The first kappa shape index (κ1) is 13.5. The van der Waals surface area contributed by atoms with E-state index in [1.165, 1.54) is 29.7 Å². The number of aryl methyl sites for hydroxylation is 1. The van der Waals surface area contributed by atoms with Crippen LogP contribution in [-0.2, 0) is 6.42 Å². The van der Waals surface area contributed by atoms with Crippen LogP contribution in [0.5, 0.6) is 0 Å². The Bertz CT molecular complexity index is 408. The minimum Gasteiger partial charge on any atom is -0.362 e. The zero-order chi connectivity index (χ0) is 13.0. The molecular weight excluding hydrogens is 238 g/mol. The highest BCUT2D eigenvalue weighted by molar-refractivity contribution is 8.03. The van der Waals surface area contributed by atoms with Gasteiger partial charge in [-0.05, 0) is 50.5 Å². The van der Waals surface area contributed by atoms with Gasteiger partial charge < -0.3 is 4.90 Å². The van der Waals surface area contributed by atoms with E-state index >= 15 is 0 Å². The number of hydrogen-bond donors (Lipinski definition) is 0. The molecule has 0 amide bonds. The molecule has 0 fully saturated rings. The van der Waals surface area contributed by atoms with Crippen molar-refractivity contribution in [2.45, 2.75) is 45.6 Å². The van der Waals surface area contributed by atoms with Crippen molar-refractivity contribution in [2.24, 2.45) is 0 Å². The van der Waals surface area contributed by atoms with Gasteiger partial charge in [0.05, 0.1) is 5.88 Å². The van der Waals surface area contributed by atoms with E-state index in [1.807, 2.05) is 11.8 Å². The van der Waals surface area contributed by atoms with Crippen LogP contribution in [0.1, 0.15) is 39.2 Å². The Morgan fingerprint density at radius 1 is 1.22 bits per heavy atom. The topological polar surface area (TPSA) is 3.24 Å². The minimum absolute atomic E-state index is 0.277. The number of allylic oxidation sites excluding steroid dienone is 1. The van der Waals surface area contributed by atoms with Crippen LogP contribution in [0.2, 0.25) is 0 Å². The molecule has 1 aliphatic rings. The van der Waals surface area contributed by atoms with Gasteiger partial charge in [0.15, 0.2) is 0 Å². The summed E-state index contributed by atoms with van der Waals surface area (Å²) in [5.74, 6) is 1.12. The standard InChI is InChI=1S/C16H23NS/c1-14-12-17(13-18-14)16(2,3)11-7-10-15-8-5-4-6-9-15/h4-6,8-9,12H,7,10-11,13H2,1-3H3. The number of hydrogen-bond acceptors (Lipinski definition) is 2. The lowest BCUT2D eigenvalue weighted by molar-refractivity contribution is 0.200. The average Bonchev–Trinajstić information content (AvgIpc) is 2.78. The number of benzene rings is 1. The van der Waals surface area contributed by atoms with Crippen molar-refractivity contribution >= 4 is 11.8 Å². The highest BCUT2D eigenvalue weighted by Gasteiger charge is 2.26. The molecule has 0 saturated heterocycles. The molecule has 2 rings (SSSR count). The van der Waals surface area contributed by atoms with Gasteiger partial charge in [0.25, 0.3) is 0 Å². The van der Waals surface area contributed by atoms with Crippen molar-refractivity contribution in [3.8, 4) is 0 Å². The van der Waals surface area contributed by atoms with Gasteiger partial charge in [0, 0.05) is 11.7 Å². The molecule has 0 bridgehead atoms. The van der Waals surface area contributed by atoms with Gasteiger partial charge in [-0.1, -0.05) is 30.3 Å². The lowest BCUT2D eigenvalue weighted by Crippen LogP contribution is -2.38. The van der Waals surface area contributed by atoms with Crippen LogP contribution in [0.25, 0.3) is 0 Å². The summed E-state index contributed by atoms with van der Waals surface area (Å²) in [5.41, 5.74) is 1.73. The Balaban J connectivity index is 1.82. The van der Waals surface area contributed by atoms with Gasteiger partial charge >= 0.3 is 0 Å². The second kappa shape index (κ2) is 5.83. The second-order valence-corrected chi connectivity index (χ2v) is 6.83. The van der Waals surface area contributed by atoms with Gasteiger partial charge in [-0.15, -0.1) is 11.8 Å². The van der Waals surface area contributed by atoms with Crippen LogP contribution < -0.4 is 0 Å². The zero-order valence-electron chi connectivity index (χ0n) is 11.6. The monoisotopic (exact) mass is 261 g/mol. The van der Waals surface area contributed by atoms with Crippen LogP contribution in [0.3, 0.4) is 0 Å². The van der Waals surface area contributed by atoms with Crippen LogP contribution >= 0.6 is 11.8 Å². The maximum Gasteiger partial charge on any atom is 0.0683 e. The van der Waals surface area contributed by atoms with Crippen molar-refractivity contribution in [2.75, 3.05) is 5.88 Å². The first-order chi connectivity index (χ1) is 8.58. The van der Waals surface area contributed by atoms with Gasteiger partial charge in [-0.3, -0.25) is 0 Å². The van der Waals surface area contributed by atoms with E-state index in [-0.39, 0.29) is 5.54 Å². The Morgan fingerprint density at radius 2 is 1.94 bits per heavy atom. The highest BCUT2D eigenvalue weighted by Crippen LogP contribution is 2.32. The fourth-order valence-electron chi connectivity index (χ4n) is 2.33. The van der Waals surface area contributed by atoms with E-state index in [0.29, 0.717) is 0 Å². The SMILES string of the molecule is CC1=CN(C(C)(C)CCCc2ccccc2)CS1. The van der Waals surface area contributed by atoms with E-state index in [9.17, 15) is 0 Å². The first-order valence-corrected chi connectivity index (χ1v) is 7.68. The third kappa shape index (κ3) is 3.55. The Hall–Kier alpha value is -0.890. The summed E-state index contributed by atoms with van der Waals surface area (Å²) in [5, 5.41) is 0. The largest absolute Gasteiger partial charge is 0.362 e. The molecule has 98 valence electrons. The van der Waals surface area contributed by atoms with Crippen LogP contribution in [-0.4, -0.2) is 16.3 Å². The van der Waals surface area contributed by atoms with Gasteiger partial charge in [-0.2, -0.15) is 0 Å². The van der Waals surface area contributed by atoms with E-state index < -0.39 is 0 Å². The lowest BCUT2D eigenvalue weighted by atomic mass is 9.94. The molecule has 1 nitrogen and oxygen atoms in total. The fraction of sp³-hybridized carbons (Fsp3) is 0.500. The third-order valence-electron chi connectivity index (χ3n) is 3.64. The van der Waals surface area contributed by atoms with Gasteiger partial charge in [0.2, 0.25) is 0 Å². The molecule has 0 atom stereocenters. The summed E-state index contributed by atoms with van der Waals surface area (Å²) in [6.45, 7) is 6.91. The molecule has 0 N–H and O–H groups in total. The van der Waals surface area contributed by atoms with Crippen LogP contribution in [0, 0.1) is 0 Å². The summed E-state index contributed by atoms with van der Waals surface area (Å²) in [7, 11) is 0. The molecule has 1 aromatic carbocycles. The van der Waals surface area contributed by atoms with E-state index in [0.717, 1.165) is 5.88 Å². The molecule has 0 aliphatic carbocycles.